The van der Waals surface area contributed by atoms with Gasteiger partial charge in [0.1, 0.15) is 0 Å². The normalized spacial score (nSPS) is 20.5. The molecule has 4 rings (SSSR count). The summed E-state index contributed by atoms with van der Waals surface area (Å²) in [5, 5.41) is 0. The van der Waals surface area contributed by atoms with Crippen LogP contribution >= 0.6 is 12.4 Å². The Morgan fingerprint density at radius 1 is 0.821 bits per heavy atom. The van der Waals surface area contributed by atoms with Gasteiger partial charge in [-0.05, 0) is 49.6 Å². The number of nitrogens with two attached hydrogens (primary N) is 1. The summed E-state index contributed by atoms with van der Waals surface area (Å²) in [6.07, 6.45) is 2.58. The van der Waals surface area contributed by atoms with Gasteiger partial charge in [-0.1, -0.05) is 30.3 Å². The number of rotatable bonds is 4. The average molecular weight is 401 g/mol. The number of piperazine rings is 1. The minimum Gasteiger partial charge on any atom is -0.399 e. The molecule has 2 aromatic rings. The Balaban J connectivity index is 0.00000225. The zero-order valence-electron chi connectivity index (χ0n) is 16.8. The third-order valence-electron chi connectivity index (χ3n) is 6.42. The predicted molar refractivity (Wildman–Crippen MR) is 121 cm³/mol. The highest BCUT2D eigenvalue weighted by Gasteiger charge is 2.29. The topological polar surface area (TPSA) is 35.7 Å². The molecule has 0 radical (unpaired) electrons. The number of halogens is 1. The molecule has 2 aliphatic rings. The molecule has 2 aliphatic heterocycles. The highest BCUT2D eigenvalue weighted by atomic mass is 35.5. The smallest absolute Gasteiger partial charge is 0.0368 e. The van der Waals surface area contributed by atoms with E-state index in [1.807, 2.05) is 12.1 Å². The molecule has 0 saturated carbocycles. The van der Waals surface area contributed by atoms with Crippen molar-refractivity contribution < 1.29 is 0 Å². The fourth-order valence-corrected chi connectivity index (χ4v) is 4.61. The Morgan fingerprint density at radius 2 is 1.43 bits per heavy atom. The van der Waals surface area contributed by atoms with E-state index in [1.54, 1.807) is 0 Å². The van der Waals surface area contributed by atoms with Crippen molar-refractivity contribution in [2.75, 3.05) is 49.9 Å². The monoisotopic (exact) mass is 400 g/mol. The van der Waals surface area contributed by atoms with E-state index in [1.165, 1.54) is 50.3 Å². The van der Waals surface area contributed by atoms with Crippen molar-refractivity contribution in [3.63, 3.8) is 0 Å². The van der Waals surface area contributed by atoms with Crippen molar-refractivity contribution in [3.05, 3.63) is 60.2 Å². The number of benzene rings is 2. The van der Waals surface area contributed by atoms with Gasteiger partial charge in [0, 0.05) is 62.7 Å². The second kappa shape index (κ2) is 9.64. The van der Waals surface area contributed by atoms with Gasteiger partial charge >= 0.3 is 0 Å². The van der Waals surface area contributed by atoms with Crippen LogP contribution < -0.4 is 10.6 Å². The molecular formula is C23H33ClN4. The van der Waals surface area contributed by atoms with Crippen molar-refractivity contribution in [1.29, 1.82) is 0 Å². The molecule has 2 heterocycles. The van der Waals surface area contributed by atoms with E-state index in [2.05, 4.69) is 64.1 Å². The predicted octanol–water partition coefficient (Wildman–Crippen LogP) is 4.04. The molecule has 5 heteroatoms. The molecule has 2 aromatic carbocycles. The molecule has 4 nitrogen and oxygen atoms in total. The van der Waals surface area contributed by atoms with Gasteiger partial charge in [0.25, 0.3) is 0 Å². The maximum atomic E-state index is 5.81. The molecule has 0 aliphatic carbocycles. The minimum atomic E-state index is 0. The number of nitrogen functional groups attached to an aromatic ring is 1. The molecule has 1 unspecified atom stereocenters. The zero-order valence-corrected chi connectivity index (χ0v) is 17.7. The third-order valence-corrected chi connectivity index (χ3v) is 6.42. The minimum absolute atomic E-state index is 0. The molecule has 0 spiro atoms. The molecule has 0 bridgehead atoms. The number of likely N-dealkylation sites (tertiary alicyclic amines) is 1. The van der Waals surface area contributed by atoms with Gasteiger partial charge in [0.15, 0.2) is 0 Å². The molecule has 1 atom stereocenters. The summed E-state index contributed by atoms with van der Waals surface area (Å²) < 4.78 is 0. The molecule has 2 N–H and O–H groups in total. The van der Waals surface area contributed by atoms with Gasteiger partial charge in [-0.15, -0.1) is 12.4 Å². The zero-order chi connectivity index (χ0) is 18.6. The Labute approximate surface area is 175 Å². The van der Waals surface area contributed by atoms with Crippen LogP contribution in [0.2, 0.25) is 0 Å². The van der Waals surface area contributed by atoms with Gasteiger partial charge in [-0.2, -0.15) is 0 Å². The van der Waals surface area contributed by atoms with E-state index in [-0.39, 0.29) is 12.4 Å². The van der Waals surface area contributed by atoms with E-state index in [0.29, 0.717) is 6.04 Å². The summed E-state index contributed by atoms with van der Waals surface area (Å²) in [6, 6.07) is 20.5. The van der Waals surface area contributed by atoms with Crippen LogP contribution in [0.1, 0.15) is 31.4 Å². The summed E-state index contributed by atoms with van der Waals surface area (Å²) in [4.78, 5) is 7.86. The highest BCUT2D eigenvalue weighted by molar-refractivity contribution is 5.85. The van der Waals surface area contributed by atoms with Crippen LogP contribution in [-0.4, -0.2) is 55.1 Å². The summed E-state index contributed by atoms with van der Waals surface area (Å²) in [7, 11) is 0. The maximum absolute atomic E-state index is 5.81. The van der Waals surface area contributed by atoms with E-state index in [9.17, 15) is 0 Å². The first-order valence-electron chi connectivity index (χ1n) is 10.3. The van der Waals surface area contributed by atoms with Crippen molar-refractivity contribution in [3.8, 4) is 0 Å². The first-order valence-corrected chi connectivity index (χ1v) is 10.3. The molecule has 0 amide bonds. The van der Waals surface area contributed by atoms with Gasteiger partial charge in [0.2, 0.25) is 0 Å². The van der Waals surface area contributed by atoms with Crippen LogP contribution in [0.3, 0.4) is 0 Å². The lowest BCUT2D eigenvalue weighted by Gasteiger charge is -2.44. The lowest BCUT2D eigenvalue weighted by molar-refractivity contribution is 0.0840. The summed E-state index contributed by atoms with van der Waals surface area (Å²) in [5.41, 5.74) is 9.40. The van der Waals surface area contributed by atoms with Crippen LogP contribution in [0.25, 0.3) is 0 Å². The van der Waals surface area contributed by atoms with Crippen LogP contribution in [-0.2, 0) is 0 Å². The van der Waals surface area contributed by atoms with Crippen molar-refractivity contribution in [1.82, 2.24) is 9.80 Å². The standard InChI is InChI=1S/C23H32N4.ClH/c1-19(20-5-3-2-4-6-20)25-13-11-23(12-14-25)27-17-15-26(16-18-27)22-9-7-21(24)8-10-22;/h2-10,19,23H,11-18,24H2,1H3;1H. The first kappa shape index (κ1) is 21.0. The number of piperidine rings is 1. The lowest BCUT2D eigenvalue weighted by atomic mass is 9.98. The quantitative estimate of drug-likeness (QED) is 0.785. The Morgan fingerprint density at radius 3 is 2.04 bits per heavy atom. The van der Waals surface area contributed by atoms with E-state index in [4.69, 9.17) is 5.73 Å². The average Bonchev–Trinajstić information content (AvgIpc) is 2.75. The van der Waals surface area contributed by atoms with Crippen molar-refractivity contribution >= 4 is 23.8 Å². The fourth-order valence-electron chi connectivity index (χ4n) is 4.61. The molecule has 2 fully saturated rings. The Bertz CT molecular complexity index is 705. The summed E-state index contributed by atoms with van der Waals surface area (Å²) >= 11 is 0. The summed E-state index contributed by atoms with van der Waals surface area (Å²) in [5.74, 6) is 0. The van der Waals surface area contributed by atoms with E-state index in [0.717, 1.165) is 24.8 Å². The van der Waals surface area contributed by atoms with Crippen molar-refractivity contribution in [2.24, 2.45) is 0 Å². The molecule has 28 heavy (non-hydrogen) atoms. The van der Waals surface area contributed by atoms with Gasteiger partial charge in [0.05, 0.1) is 0 Å². The number of hydrogen-bond donors (Lipinski definition) is 1. The maximum Gasteiger partial charge on any atom is 0.0368 e. The fraction of sp³-hybridized carbons (Fsp3) is 0.478. The Kier molecular flexibility index (Phi) is 7.22. The van der Waals surface area contributed by atoms with E-state index < -0.39 is 0 Å². The lowest BCUT2D eigenvalue weighted by Crippen LogP contribution is -2.53. The molecule has 152 valence electrons. The van der Waals surface area contributed by atoms with Gasteiger partial charge in [-0.3, -0.25) is 9.80 Å². The van der Waals surface area contributed by atoms with Crippen LogP contribution in [0, 0.1) is 0 Å². The number of nitrogens with zero attached hydrogens (tertiary/aromatic N) is 3. The van der Waals surface area contributed by atoms with E-state index >= 15 is 0 Å². The number of hydrogen-bond acceptors (Lipinski definition) is 4. The second-order valence-electron chi connectivity index (χ2n) is 7.97. The SMILES string of the molecule is CC(c1ccccc1)N1CCC(N2CCN(c3ccc(N)cc3)CC2)CC1.Cl. The van der Waals surface area contributed by atoms with Crippen LogP contribution in [0.4, 0.5) is 11.4 Å². The Hall–Kier alpha value is -1.75. The molecule has 2 saturated heterocycles. The largest absolute Gasteiger partial charge is 0.399 e. The molecule has 0 aromatic heterocycles. The van der Waals surface area contributed by atoms with Gasteiger partial charge < -0.3 is 10.6 Å². The van der Waals surface area contributed by atoms with Crippen molar-refractivity contribution in [2.45, 2.75) is 31.8 Å². The molecular weight excluding hydrogens is 368 g/mol. The third kappa shape index (κ3) is 4.80. The first-order chi connectivity index (χ1) is 13.2. The number of anilines is 2. The van der Waals surface area contributed by atoms with Crippen LogP contribution in [0.5, 0.6) is 0 Å². The van der Waals surface area contributed by atoms with Gasteiger partial charge in [-0.25, -0.2) is 0 Å². The highest BCUT2D eigenvalue weighted by Crippen LogP contribution is 2.27. The summed E-state index contributed by atoms with van der Waals surface area (Å²) in [6.45, 7) is 9.33. The van der Waals surface area contributed by atoms with Crippen LogP contribution in [0.15, 0.2) is 54.6 Å². The second-order valence-corrected chi connectivity index (χ2v) is 7.97.